The minimum atomic E-state index is -0.794. The van der Waals surface area contributed by atoms with Crippen LogP contribution in [-0.2, 0) is 14.3 Å². The van der Waals surface area contributed by atoms with Crippen molar-refractivity contribution in [2.24, 2.45) is 0 Å². The van der Waals surface area contributed by atoms with Crippen LogP contribution in [0.5, 0.6) is 0 Å². The summed E-state index contributed by atoms with van der Waals surface area (Å²) in [6, 6.07) is -0.710. The van der Waals surface area contributed by atoms with Crippen LogP contribution >= 0.6 is 0 Å². The number of esters is 1. The van der Waals surface area contributed by atoms with Crippen molar-refractivity contribution >= 4 is 11.9 Å². The lowest BCUT2D eigenvalue weighted by molar-refractivity contribution is -0.151. The number of ether oxygens (including phenoxy) is 1. The summed E-state index contributed by atoms with van der Waals surface area (Å²) in [6.45, 7) is 6.36. The van der Waals surface area contributed by atoms with Gasteiger partial charge in [0.2, 0.25) is 5.91 Å². The van der Waals surface area contributed by atoms with Gasteiger partial charge in [-0.1, -0.05) is 204 Å². The number of nitrogens with one attached hydrogen (secondary N) is 1. The largest absolute Gasteiger partial charge is 0.462 e. The Morgan fingerprint density at radius 2 is 0.915 bits per heavy atom. The highest BCUT2D eigenvalue weighted by Crippen LogP contribution is 2.17. The summed E-state index contributed by atoms with van der Waals surface area (Å²) in [4.78, 5) is 26.1. The van der Waals surface area contributed by atoms with E-state index in [1.807, 2.05) is 0 Å². The van der Waals surface area contributed by atoms with Gasteiger partial charge in [0, 0.05) is 6.42 Å². The van der Waals surface area contributed by atoms with Gasteiger partial charge in [0.15, 0.2) is 0 Å². The first-order chi connectivity index (χ1) is 29.0. The van der Waals surface area contributed by atoms with Crippen molar-refractivity contribution in [1.29, 1.82) is 0 Å². The zero-order valence-electron chi connectivity index (χ0n) is 39.1. The van der Waals surface area contributed by atoms with Crippen LogP contribution in [0.1, 0.15) is 252 Å². The zero-order valence-corrected chi connectivity index (χ0v) is 39.1. The maximum Gasteiger partial charge on any atom is 0.306 e. The van der Waals surface area contributed by atoms with Gasteiger partial charge in [0.05, 0.1) is 25.2 Å². The van der Waals surface area contributed by atoms with Crippen molar-refractivity contribution in [3.05, 3.63) is 48.6 Å². The molecule has 0 aromatic rings. The van der Waals surface area contributed by atoms with E-state index in [0.717, 1.165) is 103 Å². The molecular formula is C53H97NO5. The molecule has 3 unspecified atom stereocenters. The third kappa shape index (κ3) is 42.3. The lowest BCUT2D eigenvalue weighted by atomic mass is 10.0. The van der Waals surface area contributed by atoms with E-state index < -0.39 is 18.2 Å². The first-order valence-corrected chi connectivity index (χ1v) is 25.4. The molecule has 0 spiro atoms. The molecule has 0 saturated carbocycles. The van der Waals surface area contributed by atoms with Crippen LogP contribution in [0.4, 0.5) is 0 Å². The van der Waals surface area contributed by atoms with Crippen LogP contribution in [0.2, 0.25) is 0 Å². The summed E-state index contributed by atoms with van der Waals surface area (Å²) in [6.07, 6.45) is 56.0. The quantitative estimate of drug-likeness (QED) is 0.0323. The summed E-state index contributed by atoms with van der Waals surface area (Å²) < 4.78 is 5.91. The predicted molar refractivity (Wildman–Crippen MR) is 255 cm³/mol. The second kappa shape index (κ2) is 46.9. The van der Waals surface area contributed by atoms with Crippen molar-refractivity contribution in [3.63, 3.8) is 0 Å². The molecule has 344 valence electrons. The summed E-state index contributed by atoms with van der Waals surface area (Å²) in [7, 11) is 0. The van der Waals surface area contributed by atoms with E-state index in [1.54, 1.807) is 0 Å². The molecule has 6 heteroatoms. The van der Waals surface area contributed by atoms with Crippen LogP contribution in [0.3, 0.4) is 0 Å². The van der Waals surface area contributed by atoms with Gasteiger partial charge < -0.3 is 20.3 Å². The molecule has 0 rings (SSSR count). The fourth-order valence-electron chi connectivity index (χ4n) is 7.56. The van der Waals surface area contributed by atoms with Gasteiger partial charge in [-0.05, 0) is 83.5 Å². The van der Waals surface area contributed by atoms with E-state index in [1.165, 1.54) is 103 Å². The van der Waals surface area contributed by atoms with Crippen LogP contribution in [0.15, 0.2) is 48.6 Å². The fourth-order valence-corrected chi connectivity index (χ4v) is 7.56. The first kappa shape index (κ1) is 56.8. The van der Waals surface area contributed by atoms with Gasteiger partial charge in [-0.15, -0.1) is 0 Å². The van der Waals surface area contributed by atoms with Crippen molar-refractivity contribution in [2.45, 2.75) is 270 Å². The Kier molecular flexibility index (Phi) is 45.1. The molecule has 0 saturated heterocycles. The van der Waals surface area contributed by atoms with Crippen LogP contribution in [-0.4, -0.2) is 46.9 Å². The minimum absolute atomic E-state index is 0.0584. The summed E-state index contributed by atoms with van der Waals surface area (Å²) in [5.41, 5.74) is 0. The maximum absolute atomic E-state index is 13.2. The Morgan fingerprint density at radius 3 is 1.42 bits per heavy atom. The molecule has 0 aliphatic rings. The number of aliphatic hydroxyl groups excluding tert-OH is 2. The highest BCUT2D eigenvalue weighted by Gasteiger charge is 2.24. The molecule has 0 aliphatic carbocycles. The van der Waals surface area contributed by atoms with Gasteiger partial charge in [0.1, 0.15) is 6.10 Å². The Hall–Kier alpha value is -2.18. The minimum Gasteiger partial charge on any atom is -0.462 e. The molecule has 0 heterocycles. The van der Waals surface area contributed by atoms with Gasteiger partial charge in [-0.25, -0.2) is 0 Å². The smallest absolute Gasteiger partial charge is 0.306 e. The second-order valence-corrected chi connectivity index (χ2v) is 17.2. The molecule has 0 aliphatic heterocycles. The van der Waals surface area contributed by atoms with E-state index in [0.29, 0.717) is 19.3 Å². The van der Waals surface area contributed by atoms with Gasteiger partial charge >= 0.3 is 5.97 Å². The van der Waals surface area contributed by atoms with Crippen LogP contribution < -0.4 is 5.32 Å². The number of rotatable bonds is 45. The third-order valence-corrected chi connectivity index (χ3v) is 11.4. The first-order valence-electron chi connectivity index (χ1n) is 25.4. The van der Waals surface area contributed by atoms with Crippen molar-refractivity contribution < 1.29 is 24.5 Å². The summed E-state index contributed by atoms with van der Waals surface area (Å²) in [5, 5.41) is 23.7. The van der Waals surface area contributed by atoms with Gasteiger partial charge in [-0.2, -0.15) is 0 Å². The average molecular weight is 828 g/mol. The molecule has 6 nitrogen and oxygen atoms in total. The molecule has 0 aromatic heterocycles. The lowest BCUT2D eigenvalue weighted by Crippen LogP contribution is -2.46. The number of carbonyl (C=O) groups is 2. The Balaban J connectivity index is 4.64. The van der Waals surface area contributed by atoms with E-state index in [-0.39, 0.29) is 24.9 Å². The molecule has 1 amide bonds. The molecular weight excluding hydrogens is 731 g/mol. The standard InChI is InChI=1S/C53H97NO5/c1-4-7-10-13-16-19-22-25-27-29-32-35-38-41-44-49(59-53(58)46-43-40-37-34-31-28-26-23-20-17-14-11-8-5-2)47-52(57)54-50(48-55)51(56)45-42-39-36-33-30-24-21-18-15-12-9-6-3/h8,11,17,20,26-29,49-51,55-56H,4-7,9-10,12-16,18-19,21-25,30-48H2,1-3H3,(H,54,57)/b11-8+,20-17+,28-26+,29-27+. The summed E-state index contributed by atoms with van der Waals surface area (Å²) >= 11 is 0. The number of aliphatic hydroxyl groups is 2. The van der Waals surface area contributed by atoms with Crippen LogP contribution in [0.25, 0.3) is 0 Å². The van der Waals surface area contributed by atoms with E-state index in [9.17, 15) is 19.8 Å². The van der Waals surface area contributed by atoms with E-state index in [4.69, 9.17) is 4.74 Å². The lowest BCUT2D eigenvalue weighted by Gasteiger charge is -2.24. The number of hydrogen-bond acceptors (Lipinski definition) is 5. The third-order valence-electron chi connectivity index (χ3n) is 11.4. The molecule has 3 atom stereocenters. The Bertz CT molecular complexity index is 1020. The number of carbonyl (C=O) groups excluding carboxylic acids is 2. The van der Waals surface area contributed by atoms with Crippen molar-refractivity contribution in [2.75, 3.05) is 6.61 Å². The monoisotopic (exact) mass is 828 g/mol. The van der Waals surface area contributed by atoms with Gasteiger partial charge in [-0.3, -0.25) is 9.59 Å². The number of hydrogen-bond donors (Lipinski definition) is 3. The van der Waals surface area contributed by atoms with E-state index >= 15 is 0 Å². The van der Waals surface area contributed by atoms with Gasteiger partial charge in [0.25, 0.3) is 0 Å². The molecule has 3 N–H and O–H groups in total. The van der Waals surface area contributed by atoms with Crippen molar-refractivity contribution in [1.82, 2.24) is 5.32 Å². The topological polar surface area (TPSA) is 95.9 Å². The van der Waals surface area contributed by atoms with Crippen molar-refractivity contribution in [3.8, 4) is 0 Å². The number of unbranched alkanes of at least 4 members (excludes halogenated alkanes) is 25. The molecule has 0 bridgehead atoms. The van der Waals surface area contributed by atoms with E-state index in [2.05, 4.69) is 74.7 Å². The zero-order chi connectivity index (χ0) is 43.1. The fraction of sp³-hybridized carbons (Fsp3) is 0.811. The Labute approximate surface area is 366 Å². The molecule has 0 radical (unpaired) electrons. The molecule has 0 fully saturated rings. The Morgan fingerprint density at radius 1 is 0.508 bits per heavy atom. The second-order valence-electron chi connectivity index (χ2n) is 17.2. The predicted octanol–water partition coefficient (Wildman–Crippen LogP) is 15.1. The normalized spacial score (nSPS) is 13.6. The highest BCUT2D eigenvalue weighted by atomic mass is 16.5. The molecule has 59 heavy (non-hydrogen) atoms. The maximum atomic E-state index is 13.2. The summed E-state index contributed by atoms with van der Waals surface area (Å²) in [5.74, 6) is -0.511. The number of allylic oxidation sites excluding steroid dienone is 8. The number of amides is 1. The highest BCUT2D eigenvalue weighted by molar-refractivity contribution is 5.77. The average Bonchev–Trinajstić information content (AvgIpc) is 3.23. The SMILES string of the molecule is CC/C=C/C/C=C/C/C=C/CCCCCCC(=O)OC(CCCCC/C=C/CCCCCCCCC)CC(=O)NC(CO)C(O)CCCCCCCCCCCCCC. The van der Waals surface area contributed by atoms with Crippen LogP contribution in [0, 0.1) is 0 Å². The molecule has 0 aromatic carbocycles.